The molecule has 1 heterocycles. The zero-order chi connectivity index (χ0) is 15.1. The van der Waals surface area contributed by atoms with E-state index in [-0.39, 0.29) is 0 Å². The molecule has 1 saturated carbocycles. The van der Waals surface area contributed by atoms with Crippen molar-refractivity contribution in [2.75, 3.05) is 32.8 Å². The summed E-state index contributed by atoms with van der Waals surface area (Å²) in [5.74, 6) is 0. The van der Waals surface area contributed by atoms with Crippen LogP contribution in [0.3, 0.4) is 0 Å². The van der Waals surface area contributed by atoms with Gasteiger partial charge in [-0.1, -0.05) is 27.2 Å². The molecule has 0 aromatic heterocycles. The third-order valence-electron chi connectivity index (χ3n) is 4.87. The summed E-state index contributed by atoms with van der Waals surface area (Å²) in [6.45, 7) is 12.7. The molecular formula is C18H36N2O. The van der Waals surface area contributed by atoms with Crippen molar-refractivity contribution in [3.8, 4) is 0 Å². The predicted molar refractivity (Wildman–Crippen MR) is 89.7 cm³/mol. The number of hydrogen-bond donors (Lipinski definition) is 1. The lowest BCUT2D eigenvalue weighted by Gasteiger charge is -2.40. The Balaban J connectivity index is 1.79. The topological polar surface area (TPSA) is 24.5 Å². The molecule has 124 valence electrons. The van der Waals surface area contributed by atoms with Crippen LogP contribution in [0.25, 0.3) is 0 Å². The van der Waals surface area contributed by atoms with Gasteiger partial charge in [-0.25, -0.2) is 0 Å². The van der Waals surface area contributed by atoms with Gasteiger partial charge in [-0.05, 0) is 50.5 Å². The number of piperidine rings is 1. The lowest BCUT2D eigenvalue weighted by atomic mass is 9.84. The molecule has 2 unspecified atom stereocenters. The highest BCUT2D eigenvalue weighted by atomic mass is 16.5. The lowest BCUT2D eigenvalue weighted by Crippen LogP contribution is -2.48. The minimum atomic E-state index is 0.421. The fourth-order valence-electron chi connectivity index (χ4n) is 3.62. The average Bonchev–Trinajstić information content (AvgIpc) is 3.28. The summed E-state index contributed by atoms with van der Waals surface area (Å²) in [5, 5.41) is 3.76. The van der Waals surface area contributed by atoms with Crippen LogP contribution < -0.4 is 5.32 Å². The molecule has 2 fully saturated rings. The van der Waals surface area contributed by atoms with Crippen LogP contribution in [0.15, 0.2) is 0 Å². The lowest BCUT2D eigenvalue weighted by molar-refractivity contribution is -0.0112. The summed E-state index contributed by atoms with van der Waals surface area (Å²) in [5.41, 5.74) is 0.421. The van der Waals surface area contributed by atoms with Crippen LogP contribution in [0, 0.1) is 5.41 Å². The minimum absolute atomic E-state index is 0.421. The van der Waals surface area contributed by atoms with E-state index in [1.54, 1.807) is 0 Å². The van der Waals surface area contributed by atoms with E-state index in [0.29, 0.717) is 11.5 Å². The Morgan fingerprint density at radius 1 is 1.19 bits per heavy atom. The normalized spacial score (nSPS) is 26.7. The maximum atomic E-state index is 5.99. The molecule has 2 rings (SSSR count). The quantitative estimate of drug-likeness (QED) is 0.668. The molecule has 3 nitrogen and oxygen atoms in total. The van der Waals surface area contributed by atoms with Crippen LogP contribution in [-0.4, -0.2) is 49.8 Å². The molecule has 0 spiro atoms. The van der Waals surface area contributed by atoms with E-state index in [2.05, 4.69) is 31.0 Å². The Morgan fingerprint density at radius 2 is 2.00 bits per heavy atom. The molecule has 0 aromatic carbocycles. The van der Waals surface area contributed by atoms with Gasteiger partial charge in [0.05, 0.1) is 6.10 Å². The van der Waals surface area contributed by atoms with Crippen molar-refractivity contribution < 1.29 is 4.74 Å². The van der Waals surface area contributed by atoms with Gasteiger partial charge in [0.1, 0.15) is 0 Å². The first kappa shape index (κ1) is 17.2. The van der Waals surface area contributed by atoms with Gasteiger partial charge in [-0.3, -0.25) is 0 Å². The SMILES string of the molecule is CCCOC1CCCN(CC(C)(CCC)CNC2CC2)C1. The van der Waals surface area contributed by atoms with Crippen molar-refractivity contribution in [2.24, 2.45) is 5.41 Å². The Labute approximate surface area is 131 Å². The van der Waals surface area contributed by atoms with E-state index in [4.69, 9.17) is 4.74 Å². The number of hydrogen-bond acceptors (Lipinski definition) is 3. The zero-order valence-corrected chi connectivity index (χ0v) is 14.5. The number of rotatable bonds is 10. The van der Waals surface area contributed by atoms with E-state index in [0.717, 1.165) is 25.6 Å². The van der Waals surface area contributed by atoms with E-state index in [9.17, 15) is 0 Å². The van der Waals surface area contributed by atoms with E-state index < -0.39 is 0 Å². The summed E-state index contributed by atoms with van der Waals surface area (Å²) in [6.07, 6.45) is 9.54. The van der Waals surface area contributed by atoms with Gasteiger partial charge in [0.2, 0.25) is 0 Å². The first-order valence-corrected chi connectivity index (χ1v) is 9.22. The summed E-state index contributed by atoms with van der Waals surface area (Å²) < 4.78 is 5.99. The molecule has 1 saturated heterocycles. The highest BCUT2D eigenvalue weighted by Crippen LogP contribution is 2.28. The summed E-state index contributed by atoms with van der Waals surface area (Å²) in [6, 6.07) is 0.822. The molecule has 1 aliphatic carbocycles. The molecule has 0 bridgehead atoms. The minimum Gasteiger partial charge on any atom is -0.377 e. The fourth-order valence-corrected chi connectivity index (χ4v) is 3.62. The summed E-state index contributed by atoms with van der Waals surface area (Å²) in [7, 11) is 0. The summed E-state index contributed by atoms with van der Waals surface area (Å²) >= 11 is 0. The summed E-state index contributed by atoms with van der Waals surface area (Å²) in [4.78, 5) is 2.66. The highest BCUT2D eigenvalue weighted by molar-refractivity contribution is 4.88. The molecule has 1 aliphatic heterocycles. The molecular weight excluding hydrogens is 260 g/mol. The largest absolute Gasteiger partial charge is 0.377 e. The molecule has 0 amide bonds. The maximum absolute atomic E-state index is 5.99. The molecule has 1 N–H and O–H groups in total. The van der Waals surface area contributed by atoms with Crippen molar-refractivity contribution in [1.29, 1.82) is 0 Å². The van der Waals surface area contributed by atoms with Crippen LogP contribution in [-0.2, 0) is 4.74 Å². The Hall–Kier alpha value is -0.120. The number of nitrogens with one attached hydrogen (secondary N) is 1. The second-order valence-electron chi connectivity index (χ2n) is 7.59. The van der Waals surface area contributed by atoms with Crippen LogP contribution in [0.5, 0.6) is 0 Å². The van der Waals surface area contributed by atoms with Gasteiger partial charge in [0, 0.05) is 32.3 Å². The second kappa shape index (κ2) is 8.50. The molecule has 3 heteroatoms. The predicted octanol–water partition coefficient (Wildman–Crippen LogP) is 3.44. The van der Waals surface area contributed by atoms with Gasteiger partial charge in [-0.15, -0.1) is 0 Å². The van der Waals surface area contributed by atoms with E-state index in [1.165, 1.54) is 58.2 Å². The standard InChI is InChI=1S/C18H36N2O/c1-4-10-18(3,14-19-16-8-9-16)15-20-11-6-7-17(13-20)21-12-5-2/h16-17,19H,4-15H2,1-3H3. The first-order chi connectivity index (χ1) is 10.1. The van der Waals surface area contributed by atoms with Crippen LogP contribution in [0.1, 0.15) is 65.7 Å². The number of nitrogens with zero attached hydrogens (tertiary/aromatic N) is 1. The second-order valence-corrected chi connectivity index (χ2v) is 7.59. The van der Waals surface area contributed by atoms with Crippen molar-refractivity contribution in [3.63, 3.8) is 0 Å². The average molecular weight is 296 g/mol. The van der Waals surface area contributed by atoms with Crippen molar-refractivity contribution in [2.45, 2.75) is 77.9 Å². The Morgan fingerprint density at radius 3 is 2.67 bits per heavy atom. The van der Waals surface area contributed by atoms with Crippen LogP contribution in [0.2, 0.25) is 0 Å². The first-order valence-electron chi connectivity index (χ1n) is 9.22. The van der Waals surface area contributed by atoms with Crippen molar-refractivity contribution >= 4 is 0 Å². The van der Waals surface area contributed by atoms with Crippen molar-refractivity contribution in [3.05, 3.63) is 0 Å². The third kappa shape index (κ3) is 6.25. The third-order valence-corrected chi connectivity index (χ3v) is 4.87. The maximum Gasteiger partial charge on any atom is 0.0702 e. The monoisotopic (exact) mass is 296 g/mol. The number of ether oxygens (including phenoxy) is 1. The zero-order valence-electron chi connectivity index (χ0n) is 14.5. The van der Waals surface area contributed by atoms with Gasteiger partial charge in [-0.2, -0.15) is 0 Å². The van der Waals surface area contributed by atoms with E-state index in [1.807, 2.05) is 0 Å². The van der Waals surface area contributed by atoms with Crippen molar-refractivity contribution in [1.82, 2.24) is 10.2 Å². The molecule has 2 aliphatic rings. The van der Waals surface area contributed by atoms with E-state index >= 15 is 0 Å². The van der Waals surface area contributed by atoms with Gasteiger partial charge >= 0.3 is 0 Å². The van der Waals surface area contributed by atoms with Crippen LogP contribution in [0.4, 0.5) is 0 Å². The Bertz CT molecular complexity index is 293. The Kier molecular flexibility index (Phi) is 6.97. The highest BCUT2D eigenvalue weighted by Gasteiger charge is 2.31. The molecule has 0 aromatic rings. The number of likely N-dealkylation sites (tertiary alicyclic amines) is 1. The molecule has 2 atom stereocenters. The van der Waals surface area contributed by atoms with Gasteiger partial charge in [0.25, 0.3) is 0 Å². The van der Waals surface area contributed by atoms with Gasteiger partial charge < -0.3 is 15.0 Å². The van der Waals surface area contributed by atoms with Gasteiger partial charge in [0.15, 0.2) is 0 Å². The molecule has 21 heavy (non-hydrogen) atoms. The molecule has 0 radical (unpaired) electrons. The smallest absolute Gasteiger partial charge is 0.0702 e. The van der Waals surface area contributed by atoms with Crippen LogP contribution >= 0.6 is 0 Å². The fraction of sp³-hybridized carbons (Fsp3) is 1.00.